The summed E-state index contributed by atoms with van der Waals surface area (Å²) in [6.07, 6.45) is -0.174. The summed E-state index contributed by atoms with van der Waals surface area (Å²) in [4.78, 5) is 10.8. The third-order valence-corrected chi connectivity index (χ3v) is 2.55. The van der Waals surface area contributed by atoms with E-state index in [4.69, 9.17) is 26.2 Å². The molecule has 0 spiro atoms. The molecule has 1 N–H and O–H groups in total. The van der Waals surface area contributed by atoms with E-state index in [9.17, 15) is 4.79 Å². The van der Waals surface area contributed by atoms with E-state index in [0.29, 0.717) is 12.4 Å². The SMILES string of the molecule is CC(COC(C)(C)C)Oc1ccc(C(=O)O)cc1Cl. The van der Waals surface area contributed by atoms with Crippen LogP contribution < -0.4 is 4.74 Å². The van der Waals surface area contributed by atoms with Crippen molar-refractivity contribution in [1.82, 2.24) is 0 Å². The van der Waals surface area contributed by atoms with Crippen molar-refractivity contribution in [3.63, 3.8) is 0 Å². The van der Waals surface area contributed by atoms with E-state index in [0.717, 1.165) is 0 Å². The van der Waals surface area contributed by atoms with Crippen LogP contribution >= 0.6 is 11.6 Å². The van der Waals surface area contributed by atoms with Crippen LogP contribution in [0.15, 0.2) is 18.2 Å². The highest BCUT2D eigenvalue weighted by atomic mass is 35.5. The van der Waals surface area contributed by atoms with Crippen LogP contribution in [-0.4, -0.2) is 29.4 Å². The lowest BCUT2D eigenvalue weighted by atomic mass is 10.2. The van der Waals surface area contributed by atoms with Crippen molar-refractivity contribution < 1.29 is 19.4 Å². The summed E-state index contributed by atoms with van der Waals surface area (Å²) in [5, 5.41) is 9.12. The van der Waals surface area contributed by atoms with Gasteiger partial charge in [-0.15, -0.1) is 0 Å². The van der Waals surface area contributed by atoms with Crippen LogP contribution in [0.2, 0.25) is 5.02 Å². The molecule has 4 nitrogen and oxygen atoms in total. The molecule has 1 rings (SSSR count). The third-order valence-electron chi connectivity index (χ3n) is 2.26. The van der Waals surface area contributed by atoms with Gasteiger partial charge < -0.3 is 14.6 Å². The lowest BCUT2D eigenvalue weighted by Gasteiger charge is -2.23. The first-order valence-corrected chi connectivity index (χ1v) is 6.40. The van der Waals surface area contributed by atoms with E-state index in [1.165, 1.54) is 12.1 Å². The Bertz CT molecular complexity index is 451. The molecule has 0 amide bonds. The van der Waals surface area contributed by atoms with E-state index >= 15 is 0 Å². The van der Waals surface area contributed by atoms with E-state index in [2.05, 4.69) is 0 Å². The second-order valence-corrected chi connectivity index (χ2v) is 5.71. The number of aromatic carboxylic acids is 1. The largest absolute Gasteiger partial charge is 0.487 e. The van der Waals surface area contributed by atoms with Crippen molar-refractivity contribution in [2.24, 2.45) is 0 Å². The minimum Gasteiger partial charge on any atom is -0.487 e. The average Bonchev–Trinajstić information content (AvgIpc) is 2.28. The van der Waals surface area contributed by atoms with Gasteiger partial charge in [-0.1, -0.05) is 11.6 Å². The van der Waals surface area contributed by atoms with E-state index in [1.54, 1.807) is 6.07 Å². The normalized spacial score (nSPS) is 13.1. The molecule has 1 unspecified atom stereocenters. The Labute approximate surface area is 118 Å². The molecular formula is C14H19ClO4. The molecule has 1 aromatic rings. The second kappa shape index (κ2) is 6.26. The second-order valence-electron chi connectivity index (χ2n) is 5.30. The Balaban J connectivity index is 2.64. The van der Waals surface area contributed by atoms with Crippen molar-refractivity contribution in [2.75, 3.05) is 6.61 Å². The highest BCUT2D eigenvalue weighted by molar-refractivity contribution is 6.32. The van der Waals surface area contributed by atoms with Crippen molar-refractivity contribution in [1.29, 1.82) is 0 Å². The van der Waals surface area contributed by atoms with Crippen LogP contribution in [0.1, 0.15) is 38.1 Å². The number of carboxylic acids is 1. The van der Waals surface area contributed by atoms with Gasteiger partial charge in [-0.25, -0.2) is 4.79 Å². The van der Waals surface area contributed by atoms with E-state index in [-0.39, 0.29) is 22.3 Å². The minimum absolute atomic E-state index is 0.135. The number of carbonyl (C=O) groups is 1. The fraction of sp³-hybridized carbons (Fsp3) is 0.500. The maximum atomic E-state index is 10.8. The third kappa shape index (κ3) is 5.49. The fourth-order valence-electron chi connectivity index (χ4n) is 1.35. The van der Waals surface area contributed by atoms with Crippen molar-refractivity contribution >= 4 is 17.6 Å². The molecule has 0 bridgehead atoms. The molecule has 0 heterocycles. The number of hydrogen-bond donors (Lipinski definition) is 1. The molecule has 0 radical (unpaired) electrons. The zero-order valence-electron chi connectivity index (χ0n) is 11.6. The lowest BCUT2D eigenvalue weighted by Crippen LogP contribution is -2.27. The Hall–Kier alpha value is -1.26. The summed E-state index contributed by atoms with van der Waals surface area (Å²) in [6, 6.07) is 4.39. The Morgan fingerprint density at radius 2 is 2.05 bits per heavy atom. The van der Waals surface area contributed by atoms with Gasteiger partial charge in [-0.2, -0.15) is 0 Å². The first-order valence-electron chi connectivity index (χ1n) is 6.02. The van der Waals surface area contributed by atoms with Gasteiger partial charge in [-0.3, -0.25) is 0 Å². The highest BCUT2D eigenvalue weighted by Crippen LogP contribution is 2.26. The van der Waals surface area contributed by atoms with Crippen molar-refractivity contribution in [3.8, 4) is 5.75 Å². The molecule has 5 heteroatoms. The minimum atomic E-state index is -1.02. The van der Waals surface area contributed by atoms with Crippen LogP contribution in [0.25, 0.3) is 0 Å². The maximum Gasteiger partial charge on any atom is 0.335 e. The fourth-order valence-corrected chi connectivity index (χ4v) is 1.57. The van der Waals surface area contributed by atoms with E-state index in [1.807, 2.05) is 27.7 Å². The van der Waals surface area contributed by atoms with Gasteiger partial charge in [0.2, 0.25) is 0 Å². The molecule has 0 saturated carbocycles. The molecule has 106 valence electrons. The predicted octanol–water partition coefficient (Wildman–Crippen LogP) is 3.62. The zero-order valence-corrected chi connectivity index (χ0v) is 12.3. The van der Waals surface area contributed by atoms with Crippen LogP contribution in [-0.2, 0) is 4.74 Å². The summed E-state index contributed by atoms with van der Waals surface area (Å²) in [7, 11) is 0. The first-order chi connectivity index (χ1) is 8.69. The van der Waals surface area contributed by atoms with Gasteiger partial charge >= 0.3 is 5.97 Å². The molecule has 1 atom stereocenters. The summed E-state index contributed by atoms with van der Waals surface area (Å²) in [6.45, 7) is 8.20. The number of carboxylic acid groups (broad SMARTS) is 1. The van der Waals surface area contributed by atoms with Crippen molar-refractivity contribution in [2.45, 2.75) is 39.4 Å². The number of ether oxygens (including phenoxy) is 2. The van der Waals surface area contributed by atoms with Gasteiger partial charge in [-0.05, 0) is 45.9 Å². The van der Waals surface area contributed by atoms with E-state index < -0.39 is 5.97 Å². The average molecular weight is 287 g/mol. The van der Waals surface area contributed by atoms with Gasteiger partial charge in [0, 0.05) is 0 Å². The molecule has 19 heavy (non-hydrogen) atoms. The smallest absolute Gasteiger partial charge is 0.335 e. The lowest BCUT2D eigenvalue weighted by molar-refractivity contribution is -0.0374. The number of rotatable bonds is 5. The number of halogens is 1. The van der Waals surface area contributed by atoms with Crippen LogP contribution in [0, 0.1) is 0 Å². The quantitative estimate of drug-likeness (QED) is 0.898. The Morgan fingerprint density at radius 3 is 2.53 bits per heavy atom. The zero-order chi connectivity index (χ0) is 14.6. The van der Waals surface area contributed by atoms with Gasteiger partial charge in [0.15, 0.2) is 0 Å². The van der Waals surface area contributed by atoms with Gasteiger partial charge in [0.1, 0.15) is 11.9 Å². The molecule has 0 aliphatic rings. The van der Waals surface area contributed by atoms with Crippen LogP contribution in [0.5, 0.6) is 5.75 Å². The Kier molecular flexibility index (Phi) is 5.20. The van der Waals surface area contributed by atoms with Gasteiger partial charge in [0.25, 0.3) is 0 Å². The molecule has 0 aliphatic carbocycles. The summed E-state index contributed by atoms with van der Waals surface area (Å²) in [5.74, 6) is -0.561. The Morgan fingerprint density at radius 1 is 1.42 bits per heavy atom. The monoisotopic (exact) mass is 286 g/mol. The van der Waals surface area contributed by atoms with Crippen LogP contribution in [0.3, 0.4) is 0 Å². The summed E-state index contributed by atoms with van der Waals surface area (Å²) >= 11 is 5.98. The molecule has 0 aliphatic heterocycles. The molecule has 0 fully saturated rings. The van der Waals surface area contributed by atoms with Crippen molar-refractivity contribution in [3.05, 3.63) is 28.8 Å². The first kappa shape index (κ1) is 15.8. The molecular weight excluding hydrogens is 268 g/mol. The summed E-state index contributed by atoms with van der Waals surface area (Å²) < 4.78 is 11.2. The summed E-state index contributed by atoms with van der Waals surface area (Å²) in [5.41, 5.74) is -0.0925. The number of benzene rings is 1. The van der Waals surface area contributed by atoms with Gasteiger partial charge in [0.05, 0.1) is 22.8 Å². The molecule has 1 aromatic carbocycles. The molecule has 0 aromatic heterocycles. The molecule has 0 saturated heterocycles. The number of hydrogen-bond acceptors (Lipinski definition) is 3. The standard InChI is InChI=1S/C14H19ClO4/c1-9(8-18-14(2,3)4)19-12-6-5-10(13(16)17)7-11(12)15/h5-7,9H,8H2,1-4H3,(H,16,17). The van der Waals surface area contributed by atoms with Crippen LogP contribution in [0.4, 0.5) is 0 Å². The predicted molar refractivity (Wildman–Crippen MR) is 74.2 cm³/mol. The topological polar surface area (TPSA) is 55.8 Å². The highest BCUT2D eigenvalue weighted by Gasteiger charge is 2.15. The maximum absolute atomic E-state index is 10.8.